The maximum atomic E-state index is 12.1. The molecule has 0 spiro atoms. The number of benzene rings is 2. The molecule has 0 amide bonds. The van der Waals surface area contributed by atoms with Gasteiger partial charge in [0.25, 0.3) is 0 Å². The standard InChI is InChI=1S/C20H24O3/c1-4-5-6-11-17-12-7-8-13-19(17)23-20(21)22-18-14-9-10-15(2)16(18)3/h7-10,12-14H,4-6,11H2,1-3H3. The molecule has 0 radical (unpaired) electrons. The van der Waals surface area contributed by atoms with Crippen molar-refractivity contribution < 1.29 is 14.3 Å². The summed E-state index contributed by atoms with van der Waals surface area (Å²) in [6, 6.07) is 13.3. The third-order valence-corrected chi connectivity index (χ3v) is 3.96. The molecular weight excluding hydrogens is 288 g/mol. The van der Waals surface area contributed by atoms with Crippen LogP contribution in [0.5, 0.6) is 11.5 Å². The van der Waals surface area contributed by atoms with Crippen molar-refractivity contribution in [2.24, 2.45) is 0 Å². The summed E-state index contributed by atoms with van der Waals surface area (Å²) < 4.78 is 10.8. The second-order valence-electron chi connectivity index (χ2n) is 5.72. The Bertz CT molecular complexity index is 662. The summed E-state index contributed by atoms with van der Waals surface area (Å²) in [5.41, 5.74) is 3.06. The van der Waals surface area contributed by atoms with E-state index in [2.05, 4.69) is 6.92 Å². The van der Waals surface area contributed by atoms with E-state index in [1.54, 1.807) is 6.07 Å². The predicted molar refractivity (Wildman–Crippen MR) is 92.2 cm³/mol. The average Bonchev–Trinajstić information content (AvgIpc) is 2.54. The van der Waals surface area contributed by atoms with Crippen LogP contribution in [0.2, 0.25) is 0 Å². The molecule has 0 atom stereocenters. The Hall–Kier alpha value is -2.29. The van der Waals surface area contributed by atoms with E-state index < -0.39 is 6.16 Å². The van der Waals surface area contributed by atoms with Crippen LogP contribution < -0.4 is 9.47 Å². The minimum Gasteiger partial charge on any atom is -0.394 e. The van der Waals surface area contributed by atoms with Crippen LogP contribution in [0.3, 0.4) is 0 Å². The Morgan fingerprint density at radius 1 is 0.913 bits per heavy atom. The number of hydrogen-bond donors (Lipinski definition) is 0. The van der Waals surface area contributed by atoms with Crippen molar-refractivity contribution in [3.8, 4) is 11.5 Å². The van der Waals surface area contributed by atoms with Gasteiger partial charge in [-0.3, -0.25) is 0 Å². The lowest BCUT2D eigenvalue weighted by Crippen LogP contribution is -2.15. The lowest BCUT2D eigenvalue weighted by molar-refractivity contribution is 0.151. The van der Waals surface area contributed by atoms with Gasteiger partial charge in [-0.15, -0.1) is 0 Å². The molecule has 0 saturated heterocycles. The number of rotatable bonds is 6. The minimum atomic E-state index is -0.693. The number of aryl methyl sites for hydroxylation is 2. The van der Waals surface area contributed by atoms with Crippen molar-refractivity contribution in [1.82, 2.24) is 0 Å². The summed E-state index contributed by atoms with van der Waals surface area (Å²) in [6.45, 7) is 6.08. The van der Waals surface area contributed by atoms with Gasteiger partial charge in [0, 0.05) is 0 Å². The normalized spacial score (nSPS) is 10.4. The Labute approximate surface area is 138 Å². The summed E-state index contributed by atoms with van der Waals surface area (Å²) in [5, 5.41) is 0. The fraction of sp³-hybridized carbons (Fsp3) is 0.350. The van der Waals surface area contributed by atoms with Gasteiger partial charge in [-0.1, -0.05) is 50.1 Å². The van der Waals surface area contributed by atoms with Crippen LogP contribution in [0.25, 0.3) is 0 Å². The van der Waals surface area contributed by atoms with E-state index in [1.165, 1.54) is 6.42 Å². The number of unbranched alkanes of at least 4 members (excludes halogenated alkanes) is 2. The van der Waals surface area contributed by atoms with Gasteiger partial charge in [0.15, 0.2) is 0 Å². The number of para-hydroxylation sites is 1. The molecule has 0 saturated carbocycles. The highest BCUT2D eigenvalue weighted by molar-refractivity contribution is 5.68. The fourth-order valence-corrected chi connectivity index (χ4v) is 2.41. The Morgan fingerprint density at radius 3 is 2.39 bits per heavy atom. The van der Waals surface area contributed by atoms with Crippen LogP contribution in [0.4, 0.5) is 4.79 Å². The van der Waals surface area contributed by atoms with Gasteiger partial charge in [-0.2, -0.15) is 0 Å². The van der Waals surface area contributed by atoms with Crippen molar-refractivity contribution in [2.45, 2.75) is 46.5 Å². The van der Waals surface area contributed by atoms with E-state index in [0.717, 1.165) is 36.0 Å². The fourth-order valence-electron chi connectivity index (χ4n) is 2.41. The van der Waals surface area contributed by atoms with E-state index in [1.807, 2.05) is 50.2 Å². The highest BCUT2D eigenvalue weighted by Gasteiger charge is 2.13. The number of ether oxygens (including phenoxy) is 2. The lowest BCUT2D eigenvalue weighted by atomic mass is 10.1. The SMILES string of the molecule is CCCCCc1ccccc1OC(=O)Oc1cccc(C)c1C. The van der Waals surface area contributed by atoms with Gasteiger partial charge in [0.1, 0.15) is 11.5 Å². The van der Waals surface area contributed by atoms with Crippen LogP contribution >= 0.6 is 0 Å². The summed E-state index contributed by atoms with van der Waals surface area (Å²) in [4.78, 5) is 12.1. The van der Waals surface area contributed by atoms with Gasteiger partial charge >= 0.3 is 6.16 Å². The van der Waals surface area contributed by atoms with Gasteiger partial charge < -0.3 is 9.47 Å². The molecule has 0 aliphatic rings. The number of carbonyl (C=O) groups excluding carboxylic acids is 1. The second-order valence-corrected chi connectivity index (χ2v) is 5.72. The van der Waals surface area contributed by atoms with Crippen molar-refractivity contribution >= 4 is 6.16 Å². The van der Waals surface area contributed by atoms with Crippen molar-refractivity contribution in [1.29, 1.82) is 0 Å². The molecule has 0 aliphatic carbocycles. The molecule has 0 N–H and O–H groups in total. The largest absolute Gasteiger partial charge is 0.519 e. The first kappa shape index (κ1) is 17.1. The molecule has 2 rings (SSSR count). The number of hydrogen-bond acceptors (Lipinski definition) is 3. The van der Waals surface area contributed by atoms with Crippen molar-refractivity contribution in [3.63, 3.8) is 0 Å². The van der Waals surface area contributed by atoms with E-state index in [0.29, 0.717) is 11.5 Å². The molecule has 0 unspecified atom stereocenters. The van der Waals surface area contributed by atoms with Crippen LogP contribution in [0.1, 0.15) is 42.9 Å². The quantitative estimate of drug-likeness (QED) is 0.395. The monoisotopic (exact) mass is 312 g/mol. The molecule has 0 aromatic heterocycles. The summed E-state index contributed by atoms with van der Waals surface area (Å²) in [5.74, 6) is 1.12. The molecule has 2 aromatic rings. The highest BCUT2D eigenvalue weighted by atomic mass is 16.7. The van der Waals surface area contributed by atoms with Crippen LogP contribution in [0, 0.1) is 13.8 Å². The molecule has 0 bridgehead atoms. The zero-order chi connectivity index (χ0) is 16.7. The first-order chi connectivity index (χ1) is 11.1. The zero-order valence-electron chi connectivity index (χ0n) is 14.1. The molecule has 2 aromatic carbocycles. The van der Waals surface area contributed by atoms with Gasteiger partial charge in [-0.25, -0.2) is 4.79 Å². The Balaban J connectivity index is 2.04. The molecule has 23 heavy (non-hydrogen) atoms. The van der Waals surface area contributed by atoms with Crippen molar-refractivity contribution in [2.75, 3.05) is 0 Å². The maximum Gasteiger partial charge on any atom is 0.519 e. The summed E-state index contributed by atoms with van der Waals surface area (Å²) in [7, 11) is 0. The Morgan fingerprint density at radius 2 is 1.61 bits per heavy atom. The van der Waals surface area contributed by atoms with Gasteiger partial charge in [0.2, 0.25) is 0 Å². The lowest BCUT2D eigenvalue weighted by Gasteiger charge is -2.11. The first-order valence-corrected chi connectivity index (χ1v) is 8.15. The predicted octanol–water partition coefficient (Wildman–Crippen LogP) is 5.61. The van der Waals surface area contributed by atoms with Crippen molar-refractivity contribution in [3.05, 3.63) is 59.2 Å². The summed E-state index contributed by atoms with van der Waals surface area (Å²) in [6.07, 6.45) is 3.63. The summed E-state index contributed by atoms with van der Waals surface area (Å²) >= 11 is 0. The van der Waals surface area contributed by atoms with E-state index in [9.17, 15) is 4.79 Å². The minimum absolute atomic E-state index is 0.540. The number of carbonyl (C=O) groups is 1. The molecule has 122 valence electrons. The zero-order valence-corrected chi connectivity index (χ0v) is 14.1. The average molecular weight is 312 g/mol. The third kappa shape index (κ3) is 4.85. The Kier molecular flexibility index (Phi) is 6.21. The van der Waals surface area contributed by atoms with Crippen LogP contribution in [-0.4, -0.2) is 6.16 Å². The first-order valence-electron chi connectivity index (χ1n) is 8.15. The van der Waals surface area contributed by atoms with E-state index >= 15 is 0 Å². The maximum absolute atomic E-state index is 12.1. The van der Waals surface area contributed by atoms with E-state index in [-0.39, 0.29) is 0 Å². The van der Waals surface area contributed by atoms with Crippen LogP contribution in [0.15, 0.2) is 42.5 Å². The third-order valence-electron chi connectivity index (χ3n) is 3.96. The molecular formula is C20H24O3. The molecule has 0 fully saturated rings. The van der Waals surface area contributed by atoms with Gasteiger partial charge in [0.05, 0.1) is 0 Å². The van der Waals surface area contributed by atoms with Crippen LogP contribution in [-0.2, 0) is 6.42 Å². The molecule has 0 heterocycles. The molecule has 3 heteroatoms. The molecule has 0 aliphatic heterocycles. The topological polar surface area (TPSA) is 35.5 Å². The van der Waals surface area contributed by atoms with E-state index in [4.69, 9.17) is 9.47 Å². The molecule has 3 nitrogen and oxygen atoms in total. The highest BCUT2D eigenvalue weighted by Crippen LogP contribution is 2.24. The second kappa shape index (κ2) is 8.37. The van der Waals surface area contributed by atoms with Gasteiger partial charge in [-0.05, 0) is 55.5 Å². The smallest absolute Gasteiger partial charge is 0.394 e.